The van der Waals surface area contributed by atoms with E-state index in [9.17, 15) is 0 Å². The fraction of sp³-hybridized carbons (Fsp3) is 0.333. The molecule has 106 valence electrons. The molecule has 1 unspecified atom stereocenters. The number of nitrogens with two attached hydrogens (primary N) is 1. The van der Waals surface area contributed by atoms with E-state index in [2.05, 4.69) is 38.0 Å². The second-order valence-electron chi connectivity index (χ2n) is 4.88. The zero-order chi connectivity index (χ0) is 14.9. The Morgan fingerprint density at radius 3 is 2.25 bits per heavy atom. The van der Waals surface area contributed by atoms with E-state index in [0.717, 1.165) is 37.0 Å². The Kier molecular flexibility index (Phi) is 4.83. The van der Waals surface area contributed by atoms with E-state index >= 15 is 0 Å². The molecule has 0 aliphatic heterocycles. The molecule has 0 radical (unpaired) electrons. The van der Waals surface area contributed by atoms with Crippen LogP contribution < -0.4 is 5.73 Å². The molecule has 20 heavy (non-hydrogen) atoms. The van der Waals surface area contributed by atoms with Crippen LogP contribution in [0.3, 0.4) is 0 Å². The molecule has 0 fully saturated rings. The Morgan fingerprint density at radius 1 is 1.15 bits per heavy atom. The van der Waals surface area contributed by atoms with Gasteiger partial charge in [0, 0.05) is 26.8 Å². The molecule has 0 amide bonds. The van der Waals surface area contributed by atoms with Gasteiger partial charge in [0.2, 0.25) is 0 Å². The maximum Gasteiger partial charge on any atom is 0.192 e. The lowest BCUT2D eigenvalue weighted by Gasteiger charge is -2.10. The number of hydrogen-bond donors (Lipinski definition) is 1. The molecular formula is C15H18BrN3S. The first-order valence-corrected chi connectivity index (χ1v) is 8.04. The molecule has 0 aliphatic rings. The third-order valence-electron chi connectivity index (χ3n) is 3.28. The molecule has 0 bridgehead atoms. The van der Waals surface area contributed by atoms with Crippen LogP contribution in [0.4, 0.5) is 0 Å². The summed E-state index contributed by atoms with van der Waals surface area (Å²) >= 11 is 5.13. The maximum atomic E-state index is 5.91. The number of benzene rings is 1. The number of halogens is 1. The van der Waals surface area contributed by atoms with Crippen LogP contribution in [-0.2, 0) is 0 Å². The molecule has 0 saturated heterocycles. The van der Waals surface area contributed by atoms with Crippen molar-refractivity contribution in [1.29, 1.82) is 0 Å². The zero-order valence-electron chi connectivity index (χ0n) is 12.1. The van der Waals surface area contributed by atoms with E-state index in [-0.39, 0.29) is 6.04 Å². The second-order valence-corrected chi connectivity index (χ2v) is 6.77. The van der Waals surface area contributed by atoms with Crippen LogP contribution in [0.2, 0.25) is 0 Å². The van der Waals surface area contributed by atoms with Gasteiger partial charge in [-0.05, 0) is 62.7 Å². The first kappa shape index (κ1) is 15.5. The fourth-order valence-electron chi connectivity index (χ4n) is 1.83. The predicted octanol–water partition coefficient (Wildman–Crippen LogP) is 4.34. The topological polar surface area (TPSA) is 51.8 Å². The largest absolute Gasteiger partial charge is 0.324 e. The highest BCUT2D eigenvalue weighted by Gasteiger charge is 2.09. The van der Waals surface area contributed by atoms with E-state index in [1.807, 2.05) is 33.8 Å². The van der Waals surface area contributed by atoms with Crippen LogP contribution >= 0.6 is 27.7 Å². The molecular weight excluding hydrogens is 334 g/mol. The second kappa shape index (κ2) is 6.24. The molecule has 1 aromatic carbocycles. The van der Waals surface area contributed by atoms with Crippen LogP contribution in [0.15, 0.2) is 32.7 Å². The molecule has 2 aromatic rings. The summed E-state index contributed by atoms with van der Waals surface area (Å²) in [5, 5.41) is 0.783. The smallest absolute Gasteiger partial charge is 0.192 e. The van der Waals surface area contributed by atoms with Gasteiger partial charge >= 0.3 is 0 Å². The molecule has 2 N–H and O–H groups in total. The van der Waals surface area contributed by atoms with Crippen molar-refractivity contribution < 1.29 is 0 Å². The quantitative estimate of drug-likeness (QED) is 0.835. The predicted molar refractivity (Wildman–Crippen MR) is 87.1 cm³/mol. The van der Waals surface area contributed by atoms with Crippen LogP contribution in [0.25, 0.3) is 0 Å². The van der Waals surface area contributed by atoms with E-state index < -0.39 is 0 Å². The summed E-state index contributed by atoms with van der Waals surface area (Å²) in [6.45, 7) is 8.06. The Bertz CT molecular complexity index is 618. The summed E-state index contributed by atoms with van der Waals surface area (Å²) in [4.78, 5) is 10.2. The average Bonchev–Trinajstić information content (AvgIpc) is 2.35. The lowest BCUT2D eigenvalue weighted by atomic mass is 10.1. The van der Waals surface area contributed by atoms with Crippen molar-refractivity contribution in [3.05, 3.63) is 45.2 Å². The van der Waals surface area contributed by atoms with Gasteiger partial charge in [0.15, 0.2) is 5.16 Å². The van der Waals surface area contributed by atoms with Crippen molar-refractivity contribution in [3.8, 4) is 0 Å². The van der Waals surface area contributed by atoms with Gasteiger partial charge in [0.25, 0.3) is 0 Å². The maximum absolute atomic E-state index is 5.91. The number of aryl methyl sites for hydroxylation is 2. The molecule has 1 heterocycles. The highest BCUT2D eigenvalue weighted by atomic mass is 79.9. The van der Waals surface area contributed by atoms with E-state index in [4.69, 9.17) is 5.73 Å². The Balaban J connectivity index is 2.29. The van der Waals surface area contributed by atoms with Gasteiger partial charge in [0.05, 0.1) is 0 Å². The van der Waals surface area contributed by atoms with Gasteiger partial charge in [0.1, 0.15) is 0 Å². The van der Waals surface area contributed by atoms with E-state index in [1.165, 1.54) is 0 Å². The minimum atomic E-state index is 0.0172. The summed E-state index contributed by atoms with van der Waals surface area (Å²) in [6.07, 6.45) is 0. The molecule has 3 nitrogen and oxygen atoms in total. The third kappa shape index (κ3) is 3.40. The average molecular weight is 352 g/mol. The highest BCUT2D eigenvalue weighted by Crippen LogP contribution is 2.31. The number of nitrogens with zero attached hydrogens (tertiary/aromatic N) is 2. The van der Waals surface area contributed by atoms with Crippen LogP contribution in [-0.4, -0.2) is 9.97 Å². The van der Waals surface area contributed by atoms with Crippen molar-refractivity contribution in [3.63, 3.8) is 0 Å². The lowest BCUT2D eigenvalue weighted by molar-refractivity contribution is 0.811. The number of aromatic nitrogens is 2. The zero-order valence-corrected chi connectivity index (χ0v) is 14.5. The van der Waals surface area contributed by atoms with Gasteiger partial charge < -0.3 is 5.73 Å². The van der Waals surface area contributed by atoms with Crippen molar-refractivity contribution in [2.24, 2.45) is 5.73 Å². The summed E-state index contributed by atoms with van der Waals surface area (Å²) < 4.78 is 1.03. The molecule has 2 rings (SSSR count). The molecule has 1 aromatic heterocycles. The van der Waals surface area contributed by atoms with Crippen LogP contribution in [0, 0.1) is 20.8 Å². The number of rotatable bonds is 3. The van der Waals surface area contributed by atoms with Crippen molar-refractivity contribution >= 4 is 27.7 Å². The normalized spacial score (nSPS) is 12.5. The molecule has 5 heteroatoms. The molecule has 1 atom stereocenters. The van der Waals surface area contributed by atoms with E-state index in [0.29, 0.717) is 0 Å². The van der Waals surface area contributed by atoms with Crippen molar-refractivity contribution in [2.75, 3.05) is 0 Å². The highest BCUT2D eigenvalue weighted by molar-refractivity contribution is 9.10. The first-order valence-electron chi connectivity index (χ1n) is 6.43. The lowest BCUT2D eigenvalue weighted by Crippen LogP contribution is -2.05. The molecule has 0 aliphatic carbocycles. The SMILES string of the molecule is Cc1nc(Sc2ccc(C(C)N)c(Br)c2)nc(C)c1C. The van der Waals surface area contributed by atoms with Crippen molar-refractivity contribution in [1.82, 2.24) is 9.97 Å². The van der Waals surface area contributed by atoms with Gasteiger partial charge in [-0.1, -0.05) is 22.0 Å². The minimum absolute atomic E-state index is 0.0172. The van der Waals surface area contributed by atoms with Crippen LogP contribution in [0.5, 0.6) is 0 Å². The Labute approximate surface area is 132 Å². The third-order valence-corrected chi connectivity index (χ3v) is 4.83. The molecule has 0 saturated carbocycles. The Hall–Kier alpha value is -0.910. The Morgan fingerprint density at radius 2 is 1.75 bits per heavy atom. The summed E-state index contributed by atoms with van der Waals surface area (Å²) in [6, 6.07) is 6.19. The summed E-state index contributed by atoms with van der Waals surface area (Å²) in [5.74, 6) is 0. The van der Waals surface area contributed by atoms with E-state index in [1.54, 1.807) is 11.8 Å². The van der Waals surface area contributed by atoms with Gasteiger partial charge in [-0.2, -0.15) is 0 Å². The fourth-order valence-corrected chi connectivity index (χ4v) is 3.61. The number of hydrogen-bond acceptors (Lipinski definition) is 4. The first-order chi connectivity index (χ1) is 9.38. The van der Waals surface area contributed by atoms with Gasteiger partial charge in [-0.3, -0.25) is 0 Å². The summed E-state index contributed by atoms with van der Waals surface area (Å²) in [7, 11) is 0. The van der Waals surface area contributed by atoms with Gasteiger partial charge in [-0.15, -0.1) is 0 Å². The molecule has 0 spiro atoms. The van der Waals surface area contributed by atoms with Crippen molar-refractivity contribution in [2.45, 2.75) is 43.8 Å². The van der Waals surface area contributed by atoms with Gasteiger partial charge in [-0.25, -0.2) is 9.97 Å². The monoisotopic (exact) mass is 351 g/mol. The standard InChI is InChI=1S/C15H18BrN3S/c1-8-10(3)18-15(19-11(8)4)20-12-5-6-13(9(2)17)14(16)7-12/h5-7,9H,17H2,1-4H3. The minimum Gasteiger partial charge on any atom is -0.324 e. The summed E-state index contributed by atoms with van der Waals surface area (Å²) in [5.41, 5.74) is 10.2. The van der Waals surface area contributed by atoms with Crippen LogP contribution in [0.1, 0.15) is 35.5 Å².